The summed E-state index contributed by atoms with van der Waals surface area (Å²) < 4.78 is 31.3. The van der Waals surface area contributed by atoms with Gasteiger partial charge in [-0.15, -0.1) is 11.3 Å². The van der Waals surface area contributed by atoms with Gasteiger partial charge in [-0.2, -0.15) is 4.31 Å². The fraction of sp³-hybridized carbons (Fsp3) is 0.588. The summed E-state index contributed by atoms with van der Waals surface area (Å²) in [4.78, 5) is 17.6. The van der Waals surface area contributed by atoms with Crippen LogP contribution >= 0.6 is 11.3 Å². The van der Waals surface area contributed by atoms with Gasteiger partial charge in [-0.25, -0.2) is 13.4 Å². The first-order chi connectivity index (χ1) is 12.7. The van der Waals surface area contributed by atoms with Gasteiger partial charge in [-0.1, -0.05) is 5.16 Å². The summed E-state index contributed by atoms with van der Waals surface area (Å²) in [5.41, 5.74) is 2.63. The van der Waals surface area contributed by atoms with Gasteiger partial charge < -0.3 is 9.84 Å². The highest BCUT2D eigenvalue weighted by Gasteiger charge is 2.31. The molecule has 2 aromatic rings. The molecule has 8 nitrogen and oxygen atoms in total. The summed E-state index contributed by atoms with van der Waals surface area (Å²) in [5, 5.41) is 6.79. The lowest BCUT2D eigenvalue weighted by molar-refractivity contribution is -0.116. The van der Waals surface area contributed by atoms with Crippen LogP contribution in [0, 0.1) is 13.8 Å². The highest BCUT2D eigenvalue weighted by molar-refractivity contribution is 7.89. The van der Waals surface area contributed by atoms with Crippen molar-refractivity contribution in [3.8, 4) is 0 Å². The van der Waals surface area contributed by atoms with Crippen molar-refractivity contribution in [3.63, 3.8) is 0 Å². The minimum atomic E-state index is -3.29. The maximum absolute atomic E-state index is 12.4. The van der Waals surface area contributed by atoms with Crippen LogP contribution in [0.3, 0.4) is 0 Å². The van der Waals surface area contributed by atoms with Crippen molar-refractivity contribution in [2.75, 3.05) is 11.9 Å². The largest absolute Gasteiger partial charge is 0.361 e. The number of carbonyl (C=O) groups is 1. The number of fused-ring (bicyclic) bond motifs is 1. The van der Waals surface area contributed by atoms with Crippen molar-refractivity contribution in [2.45, 2.75) is 58.8 Å². The molecule has 148 valence electrons. The lowest BCUT2D eigenvalue weighted by Crippen LogP contribution is -2.39. The topological polar surface area (TPSA) is 105 Å². The summed E-state index contributed by atoms with van der Waals surface area (Å²) in [7, 11) is -3.29. The van der Waals surface area contributed by atoms with E-state index in [0.29, 0.717) is 37.5 Å². The second kappa shape index (κ2) is 7.69. The van der Waals surface area contributed by atoms with E-state index in [0.717, 1.165) is 27.6 Å². The summed E-state index contributed by atoms with van der Waals surface area (Å²) in [5.74, 6) is 0.601. The molecular formula is C17H24N4O4S2. The normalized spacial score (nSPS) is 15.1. The van der Waals surface area contributed by atoms with Crippen molar-refractivity contribution in [1.29, 1.82) is 0 Å². The number of amides is 1. The zero-order valence-corrected chi connectivity index (χ0v) is 17.5. The van der Waals surface area contributed by atoms with Crippen molar-refractivity contribution < 1.29 is 17.7 Å². The molecular weight excluding hydrogens is 388 g/mol. The van der Waals surface area contributed by atoms with Crippen LogP contribution in [0.1, 0.15) is 47.9 Å². The Morgan fingerprint density at radius 3 is 2.74 bits per heavy atom. The fourth-order valence-corrected chi connectivity index (χ4v) is 5.39. The average Bonchev–Trinajstić information content (AvgIpc) is 3.14. The van der Waals surface area contributed by atoms with Crippen LogP contribution in [0.2, 0.25) is 0 Å². The van der Waals surface area contributed by atoms with E-state index in [1.807, 2.05) is 13.8 Å². The van der Waals surface area contributed by atoms with Gasteiger partial charge in [0.15, 0.2) is 5.13 Å². The number of sulfonamides is 1. The van der Waals surface area contributed by atoms with E-state index in [4.69, 9.17) is 4.52 Å². The fourth-order valence-electron chi connectivity index (χ4n) is 3.02. The minimum Gasteiger partial charge on any atom is -0.361 e. The van der Waals surface area contributed by atoms with E-state index in [1.165, 1.54) is 15.6 Å². The standard InChI is InChI=1S/C17H24N4O4S2/c1-10(2)27(23,24)21-8-7-14-15(9-21)26-17(18-14)19-16(22)6-5-13-11(3)20-25-12(13)4/h10H,5-9H2,1-4H3,(H,18,19,22). The van der Waals surface area contributed by atoms with E-state index in [-0.39, 0.29) is 5.91 Å². The number of thiazole rings is 1. The Morgan fingerprint density at radius 1 is 1.37 bits per heavy atom. The predicted molar refractivity (Wildman–Crippen MR) is 103 cm³/mol. The molecule has 27 heavy (non-hydrogen) atoms. The van der Waals surface area contributed by atoms with E-state index in [1.54, 1.807) is 13.8 Å². The first kappa shape index (κ1) is 20.0. The first-order valence-corrected chi connectivity index (χ1v) is 11.2. The molecule has 0 fully saturated rings. The van der Waals surface area contributed by atoms with Gasteiger partial charge in [-0.3, -0.25) is 4.79 Å². The van der Waals surface area contributed by atoms with Gasteiger partial charge in [0.25, 0.3) is 0 Å². The van der Waals surface area contributed by atoms with Crippen LogP contribution in [0.5, 0.6) is 0 Å². The summed E-state index contributed by atoms with van der Waals surface area (Å²) in [6.07, 6.45) is 1.42. The zero-order valence-electron chi connectivity index (χ0n) is 15.9. The summed E-state index contributed by atoms with van der Waals surface area (Å²) in [6.45, 7) is 7.80. The predicted octanol–water partition coefficient (Wildman–Crippen LogP) is 2.42. The number of aromatic nitrogens is 2. The van der Waals surface area contributed by atoms with Gasteiger partial charge in [0, 0.05) is 36.4 Å². The minimum absolute atomic E-state index is 0.132. The van der Waals surface area contributed by atoms with E-state index in [2.05, 4.69) is 15.5 Å². The molecule has 3 rings (SSSR count). The molecule has 1 N–H and O–H groups in total. The first-order valence-electron chi connectivity index (χ1n) is 8.87. The van der Waals surface area contributed by atoms with Gasteiger partial charge >= 0.3 is 0 Å². The molecule has 0 saturated carbocycles. The maximum Gasteiger partial charge on any atom is 0.226 e. The SMILES string of the molecule is Cc1noc(C)c1CCC(=O)Nc1nc2c(s1)CN(S(=O)(=O)C(C)C)CC2. The van der Waals surface area contributed by atoms with E-state index < -0.39 is 15.3 Å². The van der Waals surface area contributed by atoms with Gasteiger partial charge in [0.05, 0.1) is 16.6 Å². The molecule has 0 atom stereocenters. The number of rotatable bonds is 6. The van der Waals surface area contributed by atoms with Crippen molar-refractivity contribution in [3.05, 3.63) is 27.6 Å². The zero-order chi connectivity index (χ0) is 19.8. The molecule has 1 aliphatic heterocycles. The molecule has 0 bridgehead atoms. The molecule has 0 radical (unpaired) electrons. The van der Waals surface area contributed by atoms with Gasteiger partial charge in [-0.05, 0) is 34.1 Å². The Kier molecular flexibility index (Phi) is 5.68. The third-order valence-corrected chi connectivity index (χ3v) is 7.90. The number of carbonyl (C=O) groups excluding carboxylic acids is 1. The average molecular weight is 413 g/mol. The lowest BCUT2D eigenvalue weighted by Gasteiger charge is -2.26. The van der Waals surface area contributed by atoms with Crippen LogP contribution in [0.25, 0.3) is 0 Å². The Labute approximate surface area is 163 Å². The molecule has 0 spiro atoms. The smallest absolute Gasteiger partial charge is 0.226 e. The molecule has 0 aromatic carbocycles. The number of hydrogen-bond donors (Lipinski definition) is 1. The molecule has 10 heteroatoms. The third kappa shape index (κ3) is 4.22. The Bertz CT molecular complexity index is 927. The second-order valence-corrected chi connectivity index (χ2v) is 10.5. The maximum atomic E-state index is 12.4. The molecule has 1 amide bonds. The summed E-state index contributed by atoms with van der Waals surface area (Å²) >= 11 is 1.34. The molecule has 0 aliphatic carbocycles. The number of nitrogens with one attached hydrogen (secondary N) is 1. The number of anilines is 1. The van der Waals surface area contributed by atoms with Crippen LogP contribution in [0.15, 0.2) is 4.52 Å². The quantitative estimate of drug-likeness (QED) is 0.781. The molecule has 0 saturated heterocycles. The van der Waals surface area contributed by atoms with Crippen molar-refractivity contribution >= 4 is 32.4 Å². The van der Waals surface area contributed by atoms with Gasteiger partial charge in [0.1, 0.15) is 5.76 Å². The second-order valence-electron chi connectivity index (χ2n) is 6.92. The van der Waals surface area contributed by atoms with E-state index >= 15 is 0 Å². The van der Waals surface area contributed by atoms with E-state index in [9.17, 15) is 13.2 Å². The monoisotopic (exact) mass is 412 g/mol. The third-order valence-electron chi connectivity index (χ3n) is 4.68. The molecule has 2 aromatic heterocycles. The van der Waals surface area contributed by atoms with Crippen molar-refractivity contribution in [2.24, 2.45) is 0 Å². The number of hydrogen-bond acceptors (Lipinski definition) is 7. The summed E-state index contributed by atoms with van der Waals surface area (Å²) in [6, 6.07) is 0. The highest BCUT2D eigenvalue weighted by atomic mass is 32.2. The number of nitrogens with zero attached hydrogens (tertiary/aromatic N) is 3. The Morgan fingerprint density at radius 2 is 2.11 bits per heavy atom. The molecule has 3 heterocycles. The van der Waals surface area contributed by atoms with Gasteiger partial charge in [0.2, 0.25) is 15.9 Å². The van der Waals surface area contributed by atoms with Crippen LogP contribution < -0.4 is 5.32 Å². The van der Waals surface area contributed by atoms with Crippen molar-refractivity contribution in [1.82, 2.24) is 14.4 Å². The van der Waals surface area contributed by atoms with Crippen LogP contribution in [0.4, 0.5) is 5.13 Å². The highest BCUT2D eigenvalue weighted by Crippen LogP contribution is 2.30. The number of aryl methyl sites for hydroxylation is 2. The molecule has 1 aliphatic rings. The Hall–Kier alpha value is -1.78. The lowest BCUT2D eigenvalue weighted by atomic mass is 10.1. The van der Waals surface area contributed by atoms with Crippen LogP contribution in [-0.2, 0) is 34.2 Å². The molecule has 0 unspecified atom stereocenters. The van der Waals surface area contributed by atoms with Crippen LogP contribution in [-0.4, -0.2) is 40.6 Å². The Balaban J connectivity index is 1.62.